The van der Waals surface area contributed by atoms with Crippen LogP contribution in [-0.4, -0.2) is 14.2 Å². The molecule has 1 heterocycles. The molecule has 1 aromatic heterocycles. The largest absolute Gasteiger partial charge is 0.399 e. The third kappa shape index (κ3) is 2.32. The number of nitrogens with two attached hydrogens (primary N) is 1. The fourth-order valence-electron chi connectivity index (χ4n) is 2.11. The molecule has 5 heteroatoms. The highest BCUT2D eigenvalue weighted by atomic mass is 32.2. The van der Waals surface area contributed by atoms with E-state index in [9.17, 15) is 4.21 Å². The van der Waals surface area contributed by atoms with Gasteiger partial charge in [-0.25, -0.2) is 4.98 Å². The molecule has 0 amide bonds. The van der Waals surface area contributed by atoms with Gasteiger partial charge in [-0.15, -0.1) is 0 Å². The Labute approximate surface area is 119 Å². The van der Waals surface area contributed by atoms with Gasteiger partial charge in [0, 0.05) is 5.69 Å². The van der Waals surface area contributed by atoms with Crippen molar-refractivity contribution >= 4 is 27.5 Å². The van der Waals surface area contributed by atoms with E-state index in [4.69, 9.17) is 5.73 Å². The van der Waals surface area contributed by atoms with Gasteiger partial charge in [0.25, 0.3) is 0 Å². The zero-order chi connectivity index (χ0) is 14.1. The molecule has 2 atom stereocenters. The second-order valence-electron chi connectivity index (χ2n) is 4.67. The summed E-state index contributed by atoms with van der Waals surface area (Å²) in [5, 5.41) is 0.371. The normalized spacial score (nSPS) is 14.2. The maximum Gasteiger partial charge on any atom is 0.198 e. The number of rotatable bonds is 3. The molecule has 0 saturated heterocycles. The predicted molar refractivity (Wildman–Crippen MR) is 81.8 cm³/mol. The van der Waals surface area contributed by atoms with Gasteiger partial charge in [0.2, 0.25) is 0 Å². The number of benzene rings is 2. The Balaban J connectivity index is 1.96. The highest BCUT2D eigenvalue weighted by molar-refractivity contribution is 7.85. The van der Waals surface area contributed by atoms with Crippen LogP contribution in [0.1, 0.15) is 17.7 Å². The molecule has 0 radical (unpaired) electrons. The van der Waals surface area contributed by atoms with Crippen molar-refractivity contribution in [3.63, 3.8) is 0 Å². The first-order valence-corrected chi connectivity index (χ1v) is 7.57. The van der Waals surface area contributed by atoms with Crippen LogP contribution in [0.5, 0.6) is 0 Å². The van der Waals surface area contributed by atoms with E-state index >= 15 is 0 Å². The van der Waals surface area contributed by atoms with Gasteiger partial charge in [-0.05, 0) is 30.7 Å². The lowest BCUT2D eigenvalue weighted by atomic mass is 10.2. The maximum absolute atomic E-state index is 12.6. The van der Waals surface area contributed by atoms with Crippen molar-refractivity contribution in [3.05, 3.63) is 54.1 Å². The number of hydrogen-bond donors (Lipinski definition) is 2. The van der Waals surface area contributed by atoms with Crippen molar-refractivity contribution in [1.82, 2.24) is 9.97 Å². The molecule has 102 valence electrons. The molecule has 0 aliphatic carbocycles. The number of hydrogen-bond acceptors (Lipinski definition) is 3. The molecule has 3 N–H and O–H groups in total. The van der Waals surface area contributed by atoms with Crippen LogP contribution >= 0.6 is 0 Å². The minimum absolute atomic E-state index is 0.117. The van der Waals surface area contributed by atoms with E-state index in [-0.39, 0.29) is 5.25 Å². The molecular formula is C15H15N3OS. The topological polar surface area (TPSA) is 71.8 Å². The van der Waals surface area contributed by atoms with Gasteiger partial charge in [0.15, 0.2) is 5.16 Å². The van der Waals surface area contributed by atoms with Crippen molar-refractivity contribution < 1.29 is 4.21 Å². The van der Waals surface area contributed by atoms with Gasteiger partial charge >= 0.3 is 0 Å². The van der Waals surface area contributed by atoms with E-state index in [1.807, 2.05) is 43.3 Å². The van der Waals surface area contributed by atoms with Crippen LogP contribution in [0.4, 0.5) is 5.69 Å². The van der Waals surface area contributed by atoms with Gasteiger partial charge < -0.3 is 10.7 Å². The smallest absolute Gasteiger partial charge is 0.198 e. The summed E-state index contributed by atoms with van der Waals surface area (Å²) in [6.45, 7) is 1.94. The molecule has 0 saturated carbocycles. The second kappa shape index (κ2) is 5.09. The number of nitrogen functional groups attached to an aromatic ring is 1. The van der Waals surface area contributed by atoms with E-state index in [0.29, 0.717) is 10.8 Å². The Bertz CT molecular complexity index is 767. The van der Waals surface area contributed by atoms with E-state index < -0.39 is 10.8 Å². The number of fused-ring (bicyclic) bond motifs is 1. The van der Waals surface area contributed by atoms with Crippen LogP contribution < -0.4 is 5.73 Å². The van der Waals surface area contributed by atoms with Crippen LogP contribution in [-0.2, 0) is 10.8 Å². The first-order chi connectivity index (χ1) is 9.65. The predicted octanol–water partition coefficient (Wildman–Crippen LogP) is 3.01. The third-order valence-electron chi connectivity index (χ3n) is 3.26. The van der Waals surface area contributed by atoms with Crippen LogP contribution in [0.25, 0.3) is 11.0 Å². The fourth-order valence-corrected chi connectivity index (χ4v) is 3.25. The summed E-state index contributed by atoms with van der Waals surface area (Å²) in [5.41, 5.74) is 9.03. The zero-order valence-electron chi connectivity index (χ0n) is 11.0. The minimum Gasteiger partial charge on any atom is -0.399 e. The summed E-state index contributed by atoms with van der Waals surface area (Å²) in [4.78, 5) is 7.48. The molecule has 2 unspecified atom stereocenters. The average Bonchev–Trinajstić information content (AvgIpc) is 2.89. The standard InChI is InChI=1S/C15H15N3OS/c1-10(11-5-3-2-4-6-11)20(19)15-17-13-8-7-12(16)9-14(13)18-15/h2-10H,16H2,1H3,(H,17,18). The summed E-state index contributed by atoms with van der Waals surface area (Å²) in [5.74, 6) is 0. The lowest BCUT2D eigenvalue weighted by Gasteiger charge is -2.09. The summed E-state index contributed by atoms with van der Waals surface area (Å²) in [6.07, 6.45) is 0. The Morgan fingerprint density at radius 1 is 1.20 bits per heavy atom. The molecular weight excluding hydrogens is 270 g/mol. The third-order valence-corrected chi connectivity index (χ3v) is 4.75. The van der Waals surface area contributed by atoms with Crippen LogP contribution in [0, 0.1) is 0 Å². The van der Waals surface area contributed by atoms with Crippen LogP contribution in [0.3, 0.4) is 0 Å². The number of nitrogens with zero attached hydrogens (tertiary/aromatic N) is 1. The van der Waals surface area contributed by atoms with Crippen molar-refractivity contribution in [2.24, 2.45) is 0 Å². The number of anilines is 1. The Morgan fingerprint density at radius 2 is 1.95 bits per heavy atom. The van der Waals surface area contributed by atoms with Crippen LogP contribution in [0.15, 0.2) is 53.7 Å². The van der Waals surface area contributed by atoms with Gasteiger partial charge in [-0.3, -0.25) is 4.21 Å². The first-order valence-electron chi connectivity index (χ1n) is 6.36. The van der Waals surface area contributed by atoms with Gasteiger partial charge in [-0.1, -0.05) is 30.3 Å². The van der Waals surface area contributed by atoms with E-state index in [0.717, 1.165) is 16.6 Å². The van der Waals surface area contributed by atoms with E-state index in [2.05, 4.69) is 9.97 Å². The van der Waals surface area contributed by atoms with Crippen LogP contribution in [0.2, 0.25) is 0 Å². The number of nitrogens with one attached hydrogen (secondary N) is 1. The highest BCUT2D eigenvalue weighted by Crippen LogP contribution is 2.25. The molecule has 0 aliphatic heterocycles. The van der Waals surface area contributed by atoms with E-state index in [1.165, 1.54) is 0 Å². The van der Waals surface area contributed by atoms with Crippen molar-refractivity contribution in [3.8, 4) is 0 Å². The van der Waals surface area contributed by atoms with Crippen molar-refractivity contribution in [1.29, 1.82) is 0 Å². The number of imidazole rings is 1. The summed E-state index contributed by atoms with van der Waals surface area (Å²) in [6, 6.07) is 15.2. The molecule has 0 aliphatic rings. The highest BCUT2D eigenvalue weighted by Gasteiger charge is 2.18. The summed E-state index contributed by atoms with van der Waals surface area (Å²) < 4.78 is 12.6. The molecule has 3 aromatic rings. The zero-order valence-corrected chi connectivity index (χ0v) is 11.9. The molecule has 3 rings (SSSR count). The average molecular weight is 285 g/mol. The molecule has 2 aromatic carbocycles. The molecule has 4 nitrogen and oxygen atoms in total. The first kappa shape index (κ1) is 12.9. The lowest BCUT2D eigenvalue weighted by Crippen LogP contribution is -2.04. The summed E-state index contributed by atoms with van der Waals surface area (Å²) >= 11 is 0. The molecule has 20 heavy (non-hydrogen) atoms. The quantitative estimate of drug-likeness (QED) is 0.727. The van der Waals surface area contributed by atoms with E-state index in [1.54, 1.807) is 12.1 Å². The molecule has 0 spiro atoms. The Kier molecular flexibility index (Phi) is 3.28. The molecule has 0 fully saturated rings. The maximum atomic E-state index is 12.6. The number of aromatic amines is 1. The lowest BCUT2D eigenvalue weighted by molar-refractivity contribution is 0.670. The summed E-state index contributed by atoms with van der Waals surface area (Å²) in [7, 11) is -1.23. The van der Waals surface area contributed by atoms with Gasteiger partial charge in [-0.2, -0.15) is 0 Å². The number of aromatic nitrogens is 2. The van der Waals surface area contributed by atoms with Gasteiger partial charge in [0.1, 0.15) is 0 Å². The van der Waals surface area contributed by atoms with Crippen molar-refractivity contribution in [2.45, 2.75) is 17.3 Å². The Morgan fingerprint density at radius 3 is 2.70 bits per heavy atom. The minimum atomic E-state index is -1.23. The Hall–Kier alpha value is -2.14. The second-order valence-corrected chi connectivity index (χ2v) is 6.36. The fraction of sp³-hybridized carbons (Fsp3) is 0.133. The van der Waals surface area contributed by atoms with Gasteiger partial charge in [0.05, 0.1) is 27.1 Å². The van der Waals surface area contributed by atoms with Crippen molar-refractivity contribution in [2.75, 3.05) is 5.73 Å². The monoisotopic (exact) mass is 285 g/mol. The molecule has 0 bridgehead atoms. The number of H-pyrrole nitrogens is 1. The SMILES string of the molecule is CC(c1ccccc1)S(=O)c1nc2ccc(N)cc2[nH]1.